The van der Waals surface area contributed by atoms with E-state index in [0.29, 0.717) is 38.4 Å². The molecule has 1 saturated heterocycles. The third-order valence-electron chi connectivity index (χ3n) is 5.75. The zero-order chi connectivity index (χ0) is 24.1. The Labute approximate surface area is 209 Å². The Kier molecular flexibility index (Phi) is 7.70. The van der Waals surface area contributed by atoms with Crippen molar-refractivity contribution < 1.29 is 9.59 Å². The maximum absolute atomic E-state index is 13.1. The monoisotopic (exact) mass is 497 g/mol. The third kappa shape index (κ3) is 5.69. The summed E-state index contributed by atoms with van der Waals surface area (Å²) in [6.07, 6.45) is 0. The van der Waals surface area contributed by atoms with Crippen LogP contribution in [0.15, 0.2) is 60.0 Å². The van der Waals surface area contributed by atoms with Crippen LogP contribution in [0.25, 0.3) is 0 Å². The molecule has 7 nitrogen and oxygen atoms in total. The zero-order valence-electron chi connectivity index (χ0n) is 19.3. The van der Waals surface area contributed by atoms with Crippen LogP contribution in [0.3, 0.4) is 0 Å². The number of carbonyl (C=O) groups is 2. The highest BCUT2D eigenvalue weighted by atomic mass is 35.5. The van der Waals surface area contributed by atoms with Crippen LogP contribution >= 0.6 is 22.9 Å². The van der Waals surface area contributed by atoms with Gasteiger partial charge in [-0.15, -0.1) is 11.3 Å². The van der Waals surface area contributed by atoms with Gasteiger partial charge in [0.05, 0.1) is 17.3 Å². The summed E-state index contributed by atoms with van der Waals surface area (Å²) in [6, 6.07) is 16.9. The quantitative estimate of drug-likeness (QED) is 0.508. The number of piperazine rings is 1. The van der Waals surface area contributed by atoms with E-state index in [0.717, 1.165) is 21.4 Å². The molecule has 0 unspecified atom stereocenters. The zero-order valence-corrected chi connectivity index (χ0v) is 20.9. The number of rotatable bonds is 6. The lowest BCUT2D eigenvalue weighted by Crippen LogP contribution is -2.49. The van der Waals surface area contributed by atoms with E-state index in [-0.39, 0.29) is 18.0 Å². The molecule has 0 bridgehead atoms. The van der Waals surface area contributed by atoms with E-state index in [2.05, 4.69) is 15.2 Å². The first-order valence-electron chi connectivity index (χ1n) is 11.3. The number of hydrogen-bond donors (Lipinski definition) is 1. The maximum atomic E-state index is 13.1. The van der Waals surface area contributed by atoms with Crippen LogP contribution < -0.4 is 10.2 Å². The van der Waals surface area contributed by atoms with Gasteiger partial charge in [-0.2, -0.15) is 0 Å². The lowest BCUT2D eigenvalue weighted by Gasteiger charge is -2.36. The second-order valence-corrected chi connectivity index (χ2v) is 9.72. The van der Waals surface area contributed by atoms with Crippen LogP contribution in [0.1, 0.15) is 29.3 Å². The SMILES string of the molecule is CC(C)N(Cc1nc(C(=O)N2CCN(c3ccccc3Cl)CC2)cs1)C(=O)Nc1ccccc1. The number of hydrogen-bond acceptors (Lipinski definition) is 5. The number of urea groups is 1. The van der Waals surface area contributed by atoms with Gasteiger partial charge in [0.25, 0.3) is 5.91 Å². The third-order valence-corrected chi connectivity index (χ3v) is 6.90. The molecule has 0 radical (unpaired) electrons. The van der Waals surface area contributed by atoms with Gasteiger partial charge < -0.3 is 20.0 Å². The van der Waals surface area contributed by atoms with Crippen LogP contribution in [-0.2, 0) is 6.54 Å². The fourth-order valence-electron chi connectivity index (χ4n) is 3.85. The topological polar surface area (TPSA) is 68.8 Å². The smallest absolute Gasteiger partial charge is 0.322 e. The molecular formula is C25H28ClN5O2S. The molecule has 178 valence electrons. The fourth-order valence-corrected chi connectivity index (χ4v) is 4.87. The van der Waals surface area contributed by atoms with Crippen LogP contribution in [0.5, 0.6) is 0 Å². The van der Waals surface area contributed by atoms with Gasteiger partial charge in [0.2, 0.25) is 0 Å². The van der Waals surface area contributed by atoms with Gasteiger partial charge in [-0.05, 0) is 38.1 Å². The lowest BCUT2D eigenvalue weighted by atomic mass is 10.2. The molecular weight excluding hydrogens is 470 g/mol. The van der Waals surface area contributed by atoms with Gasteiger partial charge in [-0.1, -0.05) is 41.9 Å². The fraction of sp³-hybridized carbons (Fsp3) is 0.320. The molecule has 1 fully saturated rings. The maximum Gasteiger partial charge on any atom is 0.322 e. The molecule has 0 spiro atoms. The van der Waals surface area contributed by atoms with Crippen molar-refractivity contribution in [1.82, 2.24) is 14.8 Å². The van der Waals surface area contributed by atoms with E-state index in [1.54, 1.807) is 10.3 Å². The van der Waals surface area contributed by atoms with E-state index in [1.807, 2.05) is 73.3 Å². The molecule has 1 aliphatic heterocycles. The standard InChI is InChI=1S/C25H28ClN5O2S/c1-18(2)31(25(33)27-19-8-4-3-5-9-19)16-23-28-21(17-34-23)24(32)30-14-12-29(13-15-30)22-11-7-6-10-20(22)26/h3-11,17-18H,12-16H2,1-2H3,(H,27,33). The van der Waals surface area contributed by atoms with Gasteiger partial charge in [0.15, 0.2) is 0 Å². The Hall–Kier alpha value is -3.10. The van der Waals surface area contributed by atoms with Crippen molar-refractivity contribution in [3.05, 3.63) is 75.7 Å². The summed E-state index contributed by atoms with van der Waals surface area (Å²) in [6.45, 7) is 6.91. The van der Waals surface area contributed by atoms with E-state index >= 15 is 0 Å². The molecule has 0 saturated carbocycles. The number of halogens is 1. The molecule has 3 amide bonds. The minimum Gasteiger partial charge on any atom is -0.367 e. The first-order chi connectivity index (χ1) is 16.4. The molecule has 3 aromatic rings. The van der Waals surface area contributed by atoms with Gasteiger partial charge in [0.1, 0.15) is 10.7 Å². The molecule has 9 heteroatoms. The Morgan fingerprint density at radius 3 is 2.41 bits per heavy atom. The van der Waals surface area contributed by atoms with Crippen LogP contribution in [-0.4, -0.2) is 58.9 Å². The second-order valence-electron chi connectivity index (χ2n) is 8.37. The lowest BCUT2D eigenvalue weighted by molar-refractivity contribution is 0.0741. The summed E-state index contributed by atoms with van der Waals surface area (Å²) in [4.78, 5) is 36.2. The second kappa shape index (κ2) is 10.9. The highest BCUT2D eigenvalue weighted by Crippen LogP contribution is 2.26. The summed E-state index contributed by atoms with van der Waals surface area (Å²) in [5, 5.41) is 6.16. The van der Waals surface area contributed by atoms with E-state index < -0.39 is 0 Å². The number of para-hydroxylation sites is 2. The number of anilines is 2. The molecule has 34 heavy (non-hydrogen) atoms. The summed E-state index contributed by atoms with van der Waals surface area (Å²) in [7, 11) is 0. The summed E-state index contributed by atoms with van der Waals surface area (Å²) < 4.78 is 0. The van der Waals surface area contributed by atoms with Crippen molar-refractivity contribution in [2.24, 2.45) is 0 Å². The van der Waals surface area contributed by atoms with Crippen LogP contribution in [0.4, 0.5) is 16.2 Å². The van der Waals surface area contributed by atoms with Gasteiger partial charge >= 0.3 is 6.03 Å². The Balaban J connectivity index is 1.36. The molecule has 0 atom stereocenters. The van der Waals surface area contributed by atoms with Crippen molar-refractivity contribution in [1.29, 1.82) is 0 Å². The van der Waals surface area contributed by atoms with Crippen molar-refractivity contribution in [2.45, 2.75) is 26.4 Å². The predicted octanol–water partition coefficient (Wildman–Crippen LogP) is 5.20. The van der Waals surface area contributed by atoms with Crippen molar-refractivity contribution >= 4 is 46.3 Å². The number of aromatic nitrogens is 1. The van der Waals surface area contributed by atoms with Crippen molar-refractivity contribution in [3.63, 3.8) is 0 Å². The predicted molar refractivity (Wildman–Crippen MR) is 138 cm³/mol. The van der Waals surface area contributed by atoms with Gasteiger partial charge in [-0.3, -0.25) is 4.79 Å². The average molecular weight is 498 g/mol. The molecule has 1 aromatic heterocycles. The first kappa shape index (κ1) is 24.0. The summed E-state index contributed by atoms with van der Waals surface area (Å²) in [5.74, 6) is -0.0776. The number of nitrogens with one attached hydrogen (secondary N) is 1. The normalized spacial score (nSPS) is 13.8. The number of nitrogens with zero attached hydrogens (tertiary/aromatic N) is 4. The minimum atomic E-state index is -0.194. The number of amides is 3. The van der Waals surface area contributed by atoms with E-state index in [9.17, 15) is 9.59 Å². The van der Waals surface area contributed by atoms with Crippen molar-refractivity contribution in [3.8, 4) is 0 Å². The summed E-state index contributed by atoms with van der Waals surface area (Å²) in [5.41, 5.74) is 2.16. The Bertz CT molecular complexity index is 1130. The highest BCUT2D eigenvalue weighted by molar-refractivity contribution is 7.09. The number of carbonyl (C=O) groups excluding carboxylic acids is 2. The van der Waals surface area contributed by atoms with Crippen LogP contribution in [0.2, 0.25) is 5.02 Å². The average Bonchev–Trinajstić information content (AvgIpc) is 3.32. The van der Waals surface area contributed by atoms with E-state index in [1.165, 1.54) is 11.3 Å². The number of benzene rings is 2. The van der Waals surface area contributed by atoms with E-state index in [4.69, 9.17) is 11.6 Å². The Morgan fingerprint density at radius 1 is 1.06 bits per heavy atom. The molecule has 2 aromatic carbocycles. The minimum absolute atomic E-state index is 0.0235. The number of thiazole rings is 1. The van der Waals surface area contributed by atoms with Gasteiger partial charge in [0, 0.05) is 43.3 Å². The molecule has 4 rings (SSSR count). The Morgan fingerprint density at radius 2 is 1.74 bits per heavy atom. The molecule has 0 aliphatic carbocycles. The largest absolute Gasteiger partial charge is 0.367 e. The molecule has 1 N–H and O–H groups in total. The molecule has 1 aliphatic rings. The summed E-state index contributed by atoms with van der Waals surface area (Å²) >= 11 is 7.73. The van der Waals surface area contributed by atoms with Crippen LogP contribution in [0, 0.1) is 0 Å². The first-order valence-corrected chi connectivity index (χ1v) is 12.5. The molecule has 2 heterocycles. The van der Waals surface area contributed by atoms with Crippen molar-refractivity contribution in [2.75, 3.05) is 36.4 Å². The highest BCUT2D eigenvalue weighted by Gasteiger charge is 2.26. The van der Waals surface area contributed by atoms with Gasteiger partial charge in [-0.25, -0.2) is 9.78 Å².